The van der Waals surface area contributed by atoms with Crippen LogP contribution < -0.4 is 5.32 Å². The first kappa shape index (κ1) is 13.7. The van der Waals surface area contributed by atoms with Gasteiger partial charge in [-0.1, -0.05) is 0 Å². The highest BCUT2D eigenvalue weighted by molar-refractivity contribution is 5.79. The highest BCUT2D eigenvalue weighted by atomic mass is 16.6. The fourth-order valence-corrected chi connectivity index (χ4v) is 0.836. The van der Waals surface area contributed by atoms with E-state index in [2.05, 4.69) is 5.32 Å². The second-order valence-corrected chi connectivity index (χ2v) is 4.05. The van der Waals surface area contributed by atoms with Gasteiger partial charge in [0, 0.05) is 13.0 Å². The van der Waals surface area contributed by atoms with Gasteiger partial charge in [-0.05, 0) is 20.8 Å². The molecular weight excluding hydrogens is 202 g/mol. The summed E-state index contributed by atoms with van der Waals surface area (Å²) < 4.78 is 4.87. The van der Waals surface area contributed by atoms with E-state index >= 15 is 0 Å². The molecule has 3 N–H and O–H groups in total. The van der Waals surface area contributed by atoms with Gasteiger partial charge in [0.25, 0.3) is 0 Å². The van der Waals surface area contributed by atoms with Crippen molar-refractivity contribution in [3.63, 3.8) is 0 Å². The van der Waals surface area contributed by atoms with Crippen molar-refractivity contribution < 1.29 is 24.5 Å². The molecule has 0 spiro atoms. The molecule has 0 bridgehead atoms. The lowest BCUT2D eigenvalue weighted by molar-refractivity contribution is -0.139. The quantitative estimate of drug-likeness (QED) is 0.634. The van der Waals surface area contributed by atoms with Crippen LogP contribution in [0.4, 0.5) is 4.79 Å². The molecule has 0 saturated heterocycles. The lowest BCUT2D eigenvalue weighted by atomic mass is 10.2. The minimum atomic E-state index is -1.20. The Hall–Kier alpha value is -1.30. The van der Waals surface area contributed by atoms with Gasteiger partial charge >= 0.3 is 12.1 Å². The highest BCUT2D eigenvalue weighted by Crippen LogP contribution is 2.07. The maximum atomic E-state index is 11.2. The van der Waals surface area contributed by atoms with Gasteiger partial charge in [-0.15, -0.1) is 0 Å². The van der Waals surface area contributed by atoms with E-state index in [0.717, 1.165) is 0 Å². The summed E-state index contributed by atoms with van der Waals surface area (Å²) in [6.07, 6.45) is -0.850. The summed E-state index contributed by atoms with van der Waals surface area (Å²) in [4.78, 5) is 21.8. The number of ether oxygens (including phenoxy) is 1. The van der Waals surface area contributed by atoms with Crippen LogP contribution in [-0.4, -0.2) is 40.5 Å². The summed E-state index contributed by atoms with van der Waals surface area (Å²) in [5, 5.41) is 19.4. The molecule has 0 aliphatic rings. The molecule has 0 aromatic rings. The maximum absolute atomic E-state index is 11.2. The summed E-state index contributed by atoms with van der Waals surface area (Å²) in [6.45, 7) is 4.71. The van der Waals surface area contributed by atoms with E-state index < -0.39 is 23.7 Å². The molecule has 0 aromatic carbocycles. The summed E-state index contributed by atoms with van der Waals surface area (Å²) >= 11 is 0. The van der Waals surface area contributed by atoms with Crippen molar-refractivity contribution in [1.29, 1.82) is 0 Å². The molecule has 0 saturated carbocycles. The number of carboxylic acid groups (broad SMARTS) is 1. The van der Waals surface area contributed by atoms with Gasteiger partial charge in [0.05, 0.1) is 0 Å². The molecule has 0 heterocycles. The van der Waals surface area contributed by atoms with Crippen molar-refractivity contribution in [1.82, 2.24) is 5.32 Å². The Morgan fingerprint density at radius 3 is 2.27 bits per heavy atom. The molecular formula is C9H17NO5. The number of carbonyl (C=O) groups is 2. The molecule has 1 amide bonds. The Morgan fingerprint density at radius 2 is 1.93 bits per heavy atom. The van der Waals surface area contributed by atoms with Crippen molar-refractivity contribution in [2.24, 2.45) is 0 Å². The van der Waals surface area contributed by atoms with E-state index in [4.69, 9.17) is 14.9 Å². The number of hydrogen-bond acceptors (Lipinski definition) is 4. The molecule has 0 aliphatic heterocycles. The number of aliphatic hydroxyl groups excluding tert-OH is 1. The topological polar surface area (TPSA) is 95.9 Å². The van der Waals surface area contributed by atoms with Gasteiger partial charge in [-0.25, -0.2) is 9.59 Å². The molecule has 1 atom stereocenters. The van der Waals surface area contributed by atoms with Gasteiger partial charge in [-0.3, -0.25) is 0 Å². The van der Waals surface area contributed by atoms with Crippen molar-refractivity contribution in [3.8, 4) is 0 Å². The Labute approximate surface area is 88.2 Å². The van der Waals surface area contributed by atoms with Gasteiger partial charge in [-0.2, -0.15) is 0 Å². The number of alkyl carbamates (subject to hydrolysis) is 1. The number of rotatable bonds is 4. The smallest absolute Gasteiger partial charge is 0.408 e. The average molecular weight is 219 g/mol. The van der Waals surface area contributed by atoms with Gasteiger partial charge in [0.15, 0.2) is 0 Å². The molecule has 0 radical (unpaired) electrons. The average Bonchev–Trinajstić information content (AvgIpc) is 1.99. The highest BCUT2D eigenvalue weighted by Gasteiger charge is 2.23. The third kappa shape index (κ3) is 6.73. The van der Waals surface area contributed by atoms with E-state index in [1.54, 1.807) is 20.8 Å². The molecule has 15 heavy (non-hydrogen) atoms. The number of amides is 1. The first-order chi connectivity index (χ1) is 6.76. The Morgan fingerprint density at radius 1 is 1.40 bits per heavy atom. The van der Waals surface area contributed by atoms with E-state index in [-0.39, 0.29) is 13.0 Å². The van der Waals surface area contributed by atoms with E-state index in [0.29, 0.717) is 0 Å². The van der Waals surface area contributed by atoms with Crippen molar-refractivity contribution in [2.75, 3.05) is 6.61 Å². The summed E-state index contributed by atoms with van der Waals surface area (Å²) in [6, 6.07) is -1.12. The fourth-order valence-electron chi connectivity index (χ4n) is 0.836. The zero-order valence-corrected chi connectivity index (χ0v) is 9.11. The van der Waals surface area contributed by atoms with Crippen LogP contribution in [0.15, 0.2) is 0 Å². The molecule has 6 nitrogen and oxygen atoms in total. The third-order valence-corrected chi connectivity index (χ3v) is 1.41. The van der Waals surface area contributed by atoms with Crippen LogP contribution in [0, 0.1) is 0 Å². The zero-order chi connectivity index (χ0) is 12.1. The maximum Gasteiger partial charge on any atom is 0.408 e. The second-order valence-electron chi connectivity index (χ2n) is 4.05. The number of aliphatic hydroxyl groups is 1. The summed E-state index contributed by atoms with van der Waals surface area (Å²) in [5.41, 5.74) is -0.674. The van der Waals surface area contributed by atoms with Crippen LogP contribution in [0.1, 0.15) is 27.2 Å². The number of carboxylic acids is 1. The van der Waals surface area contributed by atoms with Gasteiger partial charge < -0.3 is 20.3 Å². The van der Waals surface area contributed by atoms with E-state index in [9.17, 15) is 9.59 Å². The Balaban J connectivity index is 4.18. The SMILES string of the molecule is CC(C)(C)OC(=O)N[C@H](CCO)C(=O)O. The van der Waals surface area contributed by atoms with E-state index in [1.165, 1.54) is 0 Å². The molecule has 0 aliphatic carbocycles. The summed E-state index contributed by atoms with van der Waals surface area (Å²) in [5.74, 6) is -1.20. The molecule has 0 fully saturated rings. The van der Waals surface area contributed by atoms with Crippen LogP contribution in [-0.2, 0) is 9.53 Å². The molecule has 0 rings (SSSR count). The van der Waals surface area contributed by atoms with Crippen molar-refractivity contribution in [2.45, 2.75) is 38.8 Å². The fraction of sp³-hybridized carbons (Fsp3) is 0.778. The van der Waals surface area contributed by atoms with Gasteiger partial charge in [0.1, 0.15) is 11.6 Å². The monoisotopic (exact) mass is 219 g/mol. The lowest BCUT2D eigenvalue weighted by Gasteiger charge is -2.21. The predicted octanol–water partition coefficient (Wildman–Crippen LogP) is 0.347. The lowest BCUT2D eigenvalue weighted by Crippen LogP contribution is -2.43. The van der Waals surface area contributed by atoms with Gasteiger partial charge in [0.2, 0.25) is 0 Å². The third-order valence-electron chi connectivity index (χ3n) is 1.41. The zero-order valence-electron chi connectivity index (χ0n) is 9.11. The normalized spacial score (nSPS) is 13.1. The molecule has 0 unspecified atom stereocenters. The predicted molar refractivity (Wildman–Crippen MR) is 52.5 cm³/mol. The number of nitrogens with one attached hydrogen (secondary N) is 1. The summed E-state index contributed by atoms with van der Waals surface area (Å²) in [7, 11) is 0. The molecule has 6 heteroatoms. The standard InChI is InChI=1S/C9H17NO5/c1-9(2,3)15-8(14)10-6(4-5-11)7(12)13/h6,11H,4-5H2,1-3H3,(H,10,14)(H,12,13)/t6-/m1/s1. The number of hydrogen-bond donors (Lipinski definition) is 3. The number of aliphatic carboxylic acids is 1. The molecule has 0 aromatic heterocycles. The van der Waals surface area contributed by atoms with Crippen LogP contribution in [0.2, 0.25) is 0 Å². The Kier molecular flexibility index (Phi) is 5.07. The first-order valence-corrected chi connectivity index (χ1v) is 4.59. The minimum absolute atomic E-state index is 0.0470. The second kappa shape index (κ2) is 5.55. The molecule has 88 valence electrons. The number of carbonyl (C=O) groups excluding carboxylic acids is 1. The van der Waals surface area contributed by atoms with Crippen molar-refractivity contribution in [3.05, 3.63) is 0 Å². The Bertz CT molecular complexity index is 233. The van der Waals surface area contributed by atoms with Crippen LogP contribution in [0.3, 0.4) is 0 Å². The van der Waals surface area contributed by atoms with Crippen LogP contribution in [0.25, 0.3) is 0 Å². The van der Waals surface area contributed by atoms with Crippen molar-refractivity contribution >= 4 is 12.1 Å². The van der Waals surface area contributed by atoms with E-state index in [1.807, 2.05) is 0 Å². The largest absolute Gasteiger partial charge is 0.480 e. The minimum Gasteiger partial charge on any atom is -0.480 e. The first-order valence-electron chi connectivity index (χ1n) is 4.59. The van der Waals surface area contributed by atoms with Crippen LogP contribution >= 0.6 is 0 Å². The van der Waals surface area contributed by atoms with Crippen LogP contribution in [0.5, 0.6) is 0 Å².